The number of hydrogen-bond acceptors (Lipinski definition) is 4. The molecule has 1 aromatic carbocycles. The van der Waals surface area contributed by atoms with E-state index in [2.05, 4.69) is 23.2 Å². The highest BCUT2D eigenvalue weighted by Gasteiger charge is 2.22. The second-order valence-corrected chi connectivity index (χ2v) is 6.59. The van der Waals surface area contributed by atoms with Gasteiger partial charge in [-0.25, -0.2) is 4.98 Å². The Morgan fingerprint density at radius 2 is 2.00 bits per heavy atom. The fraction of sp³-hybridized carbons (Fsp3) is 0.474. The first-order valence-electron chi connectivity index (χ1n) is 8.54. The lowest BCUT2D eigenvalue weighted by Gasteiger charge is -2.31. The number of aromatic nitrogens is 1. The van der Waals surface area contributed by atoms with E-state index in [4.69, 9.17) is 9.40 Å². The van der Waals surface area contributed by atoms with Crippen LogP contribution in [0.1, 0.15) is 36.8 Å². The molecular formula is C19H25N3O2. The van der Waals surface area contributed by atoms with Crippen LogP contribution in [0.2, 0.25) is 0 Å². The van der Waals surface area contributed by atoms with Gasteiger partial charge in [0.25, 0.3) is 0 Å². The molecule has 5 heteroatoms. The van der Waals surface area contributed by atoms with E-state index in [9.17, 15) is 4.79 Å². The second kappa shape index (κ2) is 7.18. The third-order valence-electron chi connectivity index (χ3n) is 4.64. The first-order valence-corrected chi connectivity index (χ1v) is 8.54. The van der Waals surface area contributed by atoms with Gasteiger partial charge in [-0.05, 0) is 38.3 Å². The van der Waals surface area contributed by atoms with Gasteiger partial charge in [0.1, 0.15) is 5.76 Å². The number of rotatable bonds is 4. The van der Waals surface area contributed by atoms with Gasteiger partial charge in [-0.2, -0.15) is 0 Å². The lowest BCUT2D eigenvalue weighted by Crippen LogP contribution is -2.43. The van der Waals surface area contributed by atoms with Crippen molar-refractivity contribution in [2.45, 2.75) is 46.2 Å². The second-order valence-electron chi connectivity index (χ2n) is 6.59. The summed E-state index contributed by atoms with van der Waals surface area (Å²) in [5.41, 5.74) is 3.23. The predicted octanol–water partition coefficient (Wildman–Crippen LogP) is 3.06. The standard InChI is InChI=1S/C19H25N3O2/c1-13-6-4-5-7-17(13)19-21-18(14(2)24-19)12-22-10-8-16(9-11-22)20-15(3)23/h4-7,16H,8-12H2,1-3H3,(H,20,23). The molecule has 0 atom stereocenters. The molecule has 5 nitrogen and oxygen atoms in total. The molecule has 1 N–H and O–H groups in total. The maximum absolute atomic E-state index is 11.1. The van der Waals surface area contributed by atoms with Crippen LogP contribution in [-0.2, 0) is 11.3 Å². The van der Waals surface area contributed by atoms with Gasteiger partial charge in [-0.3, -0.25) is 9.69 Å². The molecular weight excluding hydrogens is 302 g/mol. The SMILES string of the molecule is CC(=O)NC1CCN(Cc2nc(-c3ccccc3C)oc2C)CC1. The summed E-state index contributed by atoms with van der Waals surface area (Å²) in [5, 5.41) is 3.01. The molecule has 1 aliphatic heterocycles. The normalized spacial score (nSPS) is 16.3. The molecule has 1 aromatic heterocycles. The molecule has 1 saturated heterocycles. The zero-order valence-electron chi connectivity index (χ0n) is 14.6. The summed E-state index contributed by atoms with van der Waals surface area (Å²) in [6.07, 6.45) is 1.97. The van der Waals surface area contributed by atoms with Crippen LogP contribution in [0.4, 0.5) is 0 Å². The number of carbonyl (C=O) groups excluding carboxylic acids is 1. The number of likely N-dealkylation sites (tertiary alicyclic amines) is 1. The first kappa shape index (κ1) is 16.7. The molecule has 3 rings (SSSR count). The van der Waals surface area contributed by atoms with Gasteiger partial charge < -0.3 is 9.73 Å². The van der Waals surface area contributed by atoms with Crippen molar-refractivity contribution >= 4 is 5.91 Å². The number of nitrogens with one attached hydrogen (secondary N) is 1. The molecule has 0 unspecified atom stereocenters. The fourth-order valence-corrected chi connectivity index (χ4v) is 3.24. The Morgan fingerprint density at radius 3 is 2.67 bits per heavy atom. The quantitative estimate of drug-likeness (QED) is 0.937. The predicted molar refractivity (Wildman–Crippen MR) is 93.5 cm³/mol. The lowest BCUT2D eigenvalue weighted by atomic mass is 10.0. The number of nitrogens with zero attached hydrogens (tertiary/aromatic N) is 2. The summed E-state index contributed by atoms with van der Waals surface area (Å²) in [4.78, 5) is 18.3. The van der Waals surface area contributed by atoms with Gasteiger partial charge in [0, 0.05) is 38.2 Å². The summed E-state index contributed by atoms with van der Waals surface area (Å²) < 4.78 is 5.90. The van der Waals surface area contributed by atoms with Crippen LogP contribution in [0.25, 0.3) is 11.5 Å². The monoisotopic (exact) mass is 327 g/mol. The van der Waals surface area contributed by atoms with E-state index in [1.54, 1.807) is 6.92 Å². The van der Waals surface area contributed by atoms with Crippen molar-refractivity contribution in [2.75, 3.05) is 13.1 Å². The maximum Gasteiger partial charge on any atom is 0.226 e. The highest BCUT2D eigenvalue weighted by Crippen LogP contribution is 2.25. The van der Waals surface area contributed by atoms with Gasteiger partial charge in [0.15, 0.2) is 0 Å². The van der Waals surface area contributed by atoms with Crippen LogP contribution in [0.5, 0.6) is 0 Å². The number of aryl methyl sites for hydroxylation is 2. The number of piperidine rings is 1. The van der Waals surface area contributed by atoms with Crippen LogP contribution >= 0.6 is 0 Å². The van der Waals surface area contributed by atoms with Crippen molar-refractivity contribution in [1.29, 1.82) is 0 Å². The van der Waals surface area contributed by atoms with E-state index in [0.717, 1.165) is 49.5 Å². The molecule has 24 heavy (non-hydrogen) atoms. The summed E-state index contributed by atoms with van der Waals surface area (Å²) in [6.45, 7) is 8.37. The van der Waals surface area contributed by atoms with E-state index >= 15 is 0 Å². The topological polar surface area (TPSA) is 58.4 Å². The van der Waals surface area contributed by atoms with Crippen LogP contribution in [-0.4, -0.2) is 34.9 Å². The Hall–Kier alpha value is -2.14. The van der Waals surface area contributed by atoms with Crippen molar-refractivity contribution in [2.24, 2.45) is 0 Å². The Kier molecular flexibility index (Phi) is 5.00. The lowest BCUT2D eigenvalue weighted by molar-refractivity contribution is -0.119. The average molecular weight is 327 g/mol. The minimum absolute atomic E-state index is 0.0590. The van der Waals surface area contributed by atoms with E-state index in [0.29, 0.717) is 11.9 Å². The van der Waals surface area contributed by atoms with Crippen LogP contribution in [0.15, 0.2) is 28.7 Å². The van der Waals surface area contributed by atoms with E-state index < -0.39 is 0 Å². The Labute approximate surface area is 143 Å². The van der Waals surface area contributed by atoms with Crippen LogP contribution in [0, 0.1) is 13.8 Å². The molecule has 0 radical (unpaired) electrons. The molecule has 2 aromatic rings. The van der Waals surface area contributed by atoms with Crippen LogP contribution in [0.3, 0.4) is 0 Å². The zero-order chi connectivity index (χ0) is 17.1. The molecule has 1 aliphatic rings. The minimum Gasteiger partial charge on any atom is -0.441 e. The van der Waals surface area contributed by atoms with Crippen molar-refractivity contribution in [3.63, 3.8) is 0 Å². The average Bonchev–Trinajstić information content (AvgIpc) is 2.90. The van der Waals surface area contributed by atoms with Gasteiger partial charge in [-0.1, -0.05) is 18.2 Å². The molecule has 0 spiro atoms. The van der Waals surface area contributed by atoms with Gasteiger partial charge >= 0.3 is 0 Å². The number of amides is 1. The summed E-state index contributed by atoms with van der Waals surface area (Å²) in [6, 6.07) is 8.45. The Balaban J connectivity index is 1.65. The number of oxazole rings is 1. The minimum atomic E-state index is 0.0590. The van der Waals surface area contributed by atoms with Crippen LogP contribution < -0.4 is 5.32 Å². The zero-order valence-corrected chi connectivity index (χ0v) is 14.6. The third kappa shape index (κ3) is 3.85. The molecule has 0 saturated carbocycles. The van der Waals surface area contributed by atoms with Gasteiger partial charge in [0.2, 0.25) is 11.8 Å². The summed E-state index contributed by atoms with van der Waals surface area (Å²) in [7, 11) is 0. The number of carbonyl (C=O) groups is 1. The van der Waals surface area contributed by atoms with Gasteiger partial charge in [0.05, 0.1) is 5.69 Å². The van der Waals surface area contributed by atoms with Crippen molar-refractivity contribution in [3.8, 4) is 11.5 Å². The number of hydrogen-bond donors (Lipinski definition) is 1. The first-order chi connectivity index (χ1) is 11.5. The molecule has 0 aliphatic carbocycles. The smallest absolute Gasteiger partial charge is 0.226 e. The van der Waals surface area contributed by atoms with E-state index in [1.807, 2.05) is 25.1 Å². The highest BCUT2D eigenvalue weighted by atomic mass is 16.4. The fourth-order valence-electron chi connectivity index (χ4n) is 3.24. The molecule has 1 fully saturated rings. The largest absolute Gasteiger partial charge is 0.441 e. The summed E-state index contributed by atoms with van der Waals surface area (Å²) in [5.74, 6) is 1.65. The third-order valence-corrected chi connectivity index (χ3v) is 4.64. The molecule has 0 bridgehead atoms. The van der Waals surface area contributed by atoms with Crippen molar-refractivity contribution in [3.05, 3.63) is 41.3 Å². The Morgan fingerprint density at radius 1 is 1.29 bits per heavy atom. The molecule has 1 amide bonds. The van der Waals surface area contributed by atoms with E-state index in [-0.39, 0.29) is 5.91 Å². The Bertz CT molecular complexity index is 715. The molecule has 2 heterocycles. The number of benzene rings is 1. The maximum atomic E-state index is 11.1. The summed E-state index contributed by atoms with van der Waals surface area (Å²) >= 11 is 0. The highest BCUT2D eigenvalue weighted by molar-refractivity contribution is 5.73. The molecule has 128 valence electrons. The van der Waals surface area contributed by atoms with E-state index in [1.165, 1.54) is 5.56 Å². The van der Waals surface area contributed by atoms with Crippen molar-refractivity contribution < 1.29 is 9.21 Å². The van der Waals surface area contributed by atoms with Crippen molar-refractivity contribution in [1.82, 2.24) is 15.2 Å². The van der Waals surface area contributed by atoms with Gasteiger partial charge in [-0.15, -0.1) is 0 Å².